The van der Waals surface area contributed by atoms with Gasteiger partial charge in [0.05, 0.1) is 12.8 Å². The van der Waals surface area contributed by atoms with Crippen molar-refractivity contribution >= 4 is 35.8 Å². The second kappa shape index (κ2) is 10.4. The number of aliphatic imine (C=N–C) groups is 1. The Balaban J connectivity index is 0.00000280. The number of benzene rings is 1. The van der Waals surface area contributed by atoms with Crippen molar-refractivity contribution in [2.75, 3.05) is 32.7 Å². The molecule has 1 aliphatic rings. The number of rotatable bonds is 4. The van der Waals surface area contributed by atoms with E-state index in [1.54, 1.807) is 30.0 Å². The molecule has 28 heavy (non-hydrogen) atoms. The number of guanidine groups is 1. The van der Waals surface area contributed by atoms with Crippen LogP contribution in [0.5, 0.6) is 0 Å². The normalized spacial score (nSPS) is 14.6. The van der Waals surface area contributed by atoms with Crippen LogP contribution in [-0.4, -0.2) is 54.4 Å². The maximum Gasteiger partial charge on any atom is 0.289 e. The van der Waals surface area contributed by atoms with Crippen LogP contribution < -0.4 is 5.32 Å². The largest absolute Gasteiger partial charge is 0.459 e. The summed E-state index contributed by atoms with van der Waals surface area (Å²) in [5.41, 5.74) is 1.46. The number of halogens is 2. The smallest absolute Gasteiger partial charge is 0.289 e. The predicted molar refractivity (Wildman–Crippen MR) is 118 cm³/mol. The van der Waals surface area contributed by atoms with Crippen LogP contribution >= 0.6 is 24.0 Å². The number of nitrogens with zero attached hydrogens (tertiary/aromatic N) is 3. The van der Waals surface area contributed by atoms with Crippen LogP contribution in [0.1, 0.15) is 28.6 Å². The Kier molecular flexibility index (Phi) is 8.28. The molecule has 0 radical (unpaired) electrons. The minimum Gasteiger partial charge on any atom is -0.459 e. The van der Waals surface area contributed by atoms with Crippen LogP contribution in [0.25, 0.3) is 0 Å². The van der Waals surface area contributed by atoms with Crippen molar-refractivity contribution in [3.05, 3.63) is 59.3 Å². The lowest BCUT2D eigenvalue weighted by Gasteiger charge is -2.36. The first-order chi connectivity index (χ1) is 13.1. The monoisotopic (exact) mass is 500 g/mol. The zero-order chi connectivity index (χ0) is 19.2. The van der Waals surface area contributed by atoms with Gasteiger partial charge < -0.3 is 19.5 Å². The van der Waals surface area contributed by atoms with Gasteiger partial charge in [-0.15, -0.1) is 24.0 Å². The van der Waals surface area contributed by atoms with Crippen molar-refractivity contribution in [1.82, 2.24) is 15.1 Å². The van der Waals surface area contributed by atoms with Crippen molar-refractivity contribution in [3.63, 3.8) is 0 Å². The van der Waals surface area contributed by atoms with E-state index in [1.165, 1.54) is 12.3 Å². The van der Waals surface area contributed by atoms with E-state index in [1.807, 2.05) is 13.0 Å². The van der Waals surface area contributed by atoms with Crippen molar-refractivity contribution < 1.29 is 13.6 Å². The summed E-state index contributed by atoms with van der Waals surface area (Å²) < 4.78 is 18.9. The first kappa shape index (κ1) is 22.2. The highest BCUT2D eigenvalue weighted by atomic mass is 127. The zero-order valence-corrected chi connectivity index (χ0v) is 18.5. The second-order valence-electron chi connectivity index (χ2n) is 6.51. The van der Waals surface area contributed by atoms with Crippen LogP contribution in [-0.2, 0) is 6.54 Å². The number of carbonyl (C=O) groups excluding carboxylic acids is 1. The molecule has 0 atom stereocenters. The average Bonchev–Trinajstić information content (AvgIpc) is 3.22. The van der Waals surface area contributed by atoms with Crippen LogP contribution in [0.3, 0.4) is 0 Å². The molecule has 1 N–H and O–H groups in total. The Morgan fingerprint density at radius 2 is 1.93 bits per heavy atom. The summed E-state index contributed by atoms with van der Waals surface area (Å²) in [6, 6.07) is 8.59. The van der Waals surface area contributed by atoms with Crippen LogP contribution in [0.2, 0.25) is 0 Å². The quantitative estimate of drug-likeness (QED) is 0.398. The Bertz CT molecular complexity index is 803. The maximum atomic E-state index is 13.7. The summed E-state index contributed by atoms with van der Waals surface area (Å²) in [6.45, 7) is 7.47. The molecule has 8 heteroatoms. The van der Waals surface area contributed by atoms with Gasteiger partial charge in [-0.25, -0.2) is 9.38 Å². The number of piperazine rings is 1. The number of carbonyl (C=O) groups is 1. The van der Waals surface area contributed by atoms with Gasteiger partial charge in [-0.1, -0.05) is 12.1 Å². The Labute approximate surface area is 181 Å². The highest BCUT2D eigenvalue weighted by Crippen LogP contribution is 2.12. The molecule has 1 aromatic heterocycles. The highest BCUT2D eigenvalue weighted by Gasteiger charge is 2.25. The lowest BCUT2D eigenvalue weighted by atomic mass is 10.1. The molecule has 3 rings (SSSR count). The summed E-state index contributed by atoms with van der Waals surface area (Å²) in [6.07, 6.45) is 1.51. The molecule has 1 aromatic carbocycles. The van der Waals surface area contributed by atoms with E-state index >= 15 is 0 Å². The van der Waals surface area contributed by atoms with E-state index in [9.17, 15) is 9.18 Å². The van der Waals surface area contributed by atoms with Gasteiger partial charge in [0.2, 0.25) is 0 Å². The molecule has 1 saturated heterocycles. The number of nitrogens with one attached hydrogen (secondary N) is 1. The number of amides is 1. The molecule has 2 heterocycles. The third kappa shape index (κ3) is 5.46. The molecule has 0 saturated carbocycles. The fourth-order valence-corrected chi connectivity index (χ4v) is 3.00. The fraction of sp³-hybridized carbons (Fsp3) is 0.400. The number of furan rings is 1. The summed E-state index contributed by atoms with van der Waals surface area (Å²) >= 11 is 0. The molecular weight excluding hydrogens is 474 g/mol. The molecule has 0 aliphatic carbocycles. The van der Waals surface area contributed by atoms with Gasteiger partial charge in [0.1, 0.15) is 5.82 Å². The van der Waals surface area contributed by atoms with Gasteiger partial charge in [-0.2, -0.15) is 0 Å². The van der Waals surface area contributed by atoms with E-state index in [0.717, 1.165) is 18.1 Å². The van der Waals surface area contributed by atoms with E-state index in [2.05, 4.69) is 15.2 Å². The molecule has 1 amide bonds. The molecule has 152 valence electrons. The number of hydrogen-bond acceptors (Lipinski definition) is 3. The summed E-state index contributed by atoms with van der Waals surface area (Å²) in [5, 5.41) is 3.28. The molecule has 1 aliphatic heterocycles. The SMILES string of the molecule is CCNC(=NCc1ccc(C)c(F)c1)N1CCN(C(=O)c2ccco2)CC1.I. The third-order valence-corrected chi connectivity index (χ3v) is 4.58. The standard InChI is InChI=1S/C20H25FN4O2.HI/c1-3-22-20(23-14-16-7-6-15(2)17(21)13-16)25-10-8-24(9-11-25)19(26)18-5-4-12-27-18;/h4-7,12-13H,3,8-11,14H2,1-2H3,(H,22,23);1H. The first-order valence-corrected chi connectivity index (χ1v) is 9.19. The minimum atomic E-state index is -0.210. The third-order valence-electron chi connectivity index (χ3n) is 4.58. The van der Waals surface area contributed by atoms with Gasteiger partial charge >= 0.3 is 0 Å². The fourth-order valence-electron chi connectivity index (χ4n) is 3.00. The number of hydrogen-bond donors (Lipinski definition) is 1. The average molecular weight is 500 g/mol. The van der Waals surface area contributed by atoms with Gasteiger partial charge in [0, 0.05) is 32.7 Å². The Morgan fingerprint density at radius 1 is 1.21 bits per heavy atom. The van der Waals surface area contributed by atoms with Crippen LogP contribution in [0.15, 0.2) is 46.0 Å². The van der Waals surface area contributed by atoms with E-state index < -0.39 is 0 Å². The molecule has 0 spiro atoms. The van der Waals surface area contributed by atoms with Crippen molar-refractivity contribution in [3.8, 4) is 0 Å². The van der Waals surface area contributed by atoms with E-state index in [4.69, 9.17) is 4.42 Å². The second-order valence-corrected chi connectivity index (χ2v) is 6.51. The van der Waals surface area contributed by atoms with Crippen LogP contribution in [0, 0.1) is 12.7 Å². The first-order valence-electron chi connectivity index (χ1n) is 9.19. The molecule has 0 bridgehead atoms. The van der Waals surface area contributed by atoms with E-state index in [-0.39, 0.29) is 35.7 Å². The summed E-state index contributed by atoms with van der Waals surface area (Å²) in [5.74, 6) is 0.850. The topological polar surface area (TPSA) is 61.1 Å². The molecule has 2 aromatic rings. The summed E-state index contributed by atoms with van der Waals surface area (Å²) in [7, 11) is 0. The minimum absolute atomic E-state index is 0. The molecular formula is C20H26FIN4O2. The molecule has 0 unspecified atom stereocenters. The Morgan fingerprint density at radius 3 is 2.54 bits per heavy atom. The van der Waals surface area contributed by atoms with Gasteiger partial charge in [-0.3, -0.25) is 4.79 Å². The zero-order valence-electron chi connectivity index (χ0n) is 16.2. The van der Waals surface area contributed by atoms with E-state index in [0.29, 0.717) is 44.0 Å². The van der Waals surface area contributed by atoms with Gasteiger partial charge in [0.15, 0.2) is 11.7 Å². The summed E-state index contributed by atoms with van der Waals surface area (Å²) in [4.78, 5) is 20.9. The lowest BCUT2D eigenvalue weighted by molar-refractivity contribution is 0.0657. The highest BCUT2D eigenvalue weighted by molar-refractivity contribution is 14.0. The number of aryl methyl sites for hydroxylation is 1. The van der Waals surface area contributed by atoms with Gasteiger partial charge in [-0.05, 0) is 43.2 Å². The maximum absolute atomic E-state index is 13.7. The lowest BCUT2D eigenvalue weighted by Crippen LogP contribution is -2.53. The molecule has 1 fully saturated rings. The van der Waals surface area contributed by atoms with Crippen LogP contribution in [0.4, 0.5) is 4.39 Å². The molecule has 6 nitrogen and oxygen atoms in total. The van der Waals surface area contributed by atoms with Gasteiger partial charge in [0.25, 0.3) is 5.91 Å². The predicted octanol–water partition coefficient (Wildman–Crippen LogP) is 3.27. The van der Waals surface area contributed by atoms with Crippen molar-refractivity contribution in [1.29, 1.82) is 0 Å². The Hall–Kier alpha value is -2.10. The van der Waals surface area contributed by atoms with Crippen molar-refractivity contribution in [2.45, 2.75) is 20.4 Å². The van der Waals surface area contributed by atoms with Crippen molar-refractivity contribution in [2.24, 2.45) is 4.99 Å².